The second kappa shape index (κ2) is 12.8. The number of Topliss-reactive ketones (excluding diaryl/α,β-unsaturated/α-hetero) is 1. The first-order valence-corrected chi connectivity index (χ1v) is 8.76. The van der Waals surface area contributed by atoms with E-state index in [-0.39, 0.29) is 43.3 Å². The van der Waals surface area contributed by atoms with Crippen molar-refractivity contribution < 1.29 is 29.4 Å². The van der Waals surface area contributed by atoms with E-state index in [0.717, 1.165) is 12.8 Å². The third-order valence-corrected chi connectivity index (χ3v) is 4.23. The Morgan fingerprint density at radius 1 is 1.04 bits per heavy atom. The van der Waals surface area contributed by atoms with Crippen LogP contribution >= 0.6 is 12.6 Å². The van der Waals surface area contributed by atoms with Gasteiger partial charge < -0.3 is 15.5 Å². The first-order valence-electron chi connectivity index (χ1n) is 8.12. The van der Waals surface area contributed by atoms with Gasteiger partial charge in [0.05, 0.1) is 5.92 Å². The van der Waals surface area contributed by atoms with Gasteiger partial charge in [-0.3, -0.25) is 19.2 Å². The highest BCUT2D eigenvalue weighted by molar-refractivity contribution is 7.80. The SMILES string of the molecule is CC(CS)C(=O)NCCCCCC(=O)CC(CCC(=O)O)C(=O)O. The quantitative estimate of drug-likeness (QED) is 0.276. The van der Waals surface area contributed by atoms with E-state index in [1.165, 1.54) is 0 Å². The second-order valence-corrected chi connectivity index (χ2v) is 6.26. The first-order chi connectivity index (χ1) is 11.3. The van der Waals surface area contributed by atoms with Crippen LogP contribution in [0, 0.1) is 11.8 Å². The van der Waals surface area contributed by atoms with Crippen LogP contribution in [-0.4, -0.2) is 46.1 Å². The number of amides is 1. The number of carboxylic acid groups (broad SMARTS) is 2. The molecule has 0 bridgehead atoms. The first kappa shape index (κ1) is 22.4. The Morgan fingerprint density at radius 3 is 2.25 bits per heavy atom. The lowest BCUT2D eigenvalue weighted by atomic mass is 9.95. The minimum absolute atomic E-state index is 0.0359. The van der Waals surface area contributed by atoms with Crippen molar-refractivity contribution >= 4 is 36.3 Å². The average molecular weight is 361 g/mol. The zero-order valence-electron chi connectivity index (χ0n) is 14.0. The van der Waals surface area contributed by atoms with Crippen LogP contribution in [0.25, 0.3) is 0 Å². The average Bonchev–Trinajstić information content (AvgIpc) is 2.52. The summed E-state index contributed by atoms with van der Waals surface area (Å²) in [6, 6.07) is 0. The van der Waals surface area contributed by atoms with Crippen LogP contribution in [0.3, 0.4) is 0 Å². The normalized spacial score (nSPS) is 13.1. The van der Waals surface area contributed by atoms with Gasteiger partial charge in [-0.25, -0.2) is 0 Å². The summed E-state index contributed by atoms with van der Waals surface area (Å²) < 4.78 is 0. The molecule has 0 aliphatic heterocycles. The van der Waals surface area contributed by atoms with Gasteiger partial charge in [0.2, 0.25) is 5.91 Å². The summed E-state index contributed by atoms with van der Waals surface area (Å²) in [7, 11) is 0. The maximum Gasteiger partial charge on any atom is 0.306 e. The number of carbonyl (C=O) groups excluding carboxylic acids is 2. The summed E-state index contributed by atoms with van der Waals surface area (Å²) in [5.74, 6) is -2.98. The molecule has 24 heavy (non-hydrogen) atoms. The molecule has 0 aromatic rings. The van der Waals surface area contributed by atoms with Crippen LogP contribution in [0.5, 0.6) is 0 Å². The fraction of sp³-hybridized carbons (Fsp3) is 0.750. The van der Waals surface area contributed by atoms with Gasteiger partial charge in [-0.05, 0) is 19.3 Å². The Bertz CT molecular complexity index is 440. The Labute approximate surface area is 147 Å². The molecule has 7 nitrogen and oxygen atoms in total. The lowest BCUT2D eigenvalue weighted by Crippen LogP contribution is -2.30. The zero-order valence-corrected chi connectivity index (χ0v) is 14.9. The van der Waals surface area contributed by atoms with Crippen LogP contribution in [0.4, 0.5) is 0 Å². The van der Waals surface area contributed by atoms with Crippen molar-refractivity contribution in [1.29, 1.82) is 0 Å². The second-order valence-electron chi connectivity index (χ2n) is 5.90. The van der Waals surface area contributed by atoms with Gasteiger partial charge in [-0.1, -0.05) is 13.3 Å². The van der Waals surface area contributed by atoms with Crippen molar-refractivity contribution in [3.63, 3.8) is 0 Å². The van der Waals surface area contributed by atoms with Crippen molar-refractivity contribution in [3.05, 3.63) is 0 Å². The molecule has 0 rings (SSSR count). The summed E-state index contributed by atoms with van der Waals surface area (Å²) in [6.45, 7) is 2.34. The van der Waals surface area contributed by atoms with Gasteiger partial charge in [0.1, 0.15) is 5.78 Å². The monoisotopic (exact) mass is 361 g/mol. The molecule has 0 aromatic heterocycles. The number of hydrogen-bond acceptors (Lipinski definition) is 5. The van der Waals surface area contributed by atoms with Gasteiger partial charge in [-0.15, -0.1) is 0 Å². The molecule has 0 heterocycles. The smallest absolute Gasteiger partial charge is 0.306 e. The molecule has 2 unspecified atom stereocenters. The number of ketones is 1. The lowest BCUT2D eigenvalue weighted by Gasteiger charge is -2.10. The molecule has 138 valence electrons. The number of carbonyl (C=O) groups is 4. The molecular formula is C16H27NO6S. The van der Waals surface area contributed by atoms with E-state index in [1.807, 2.05) is 0 Å². The van der Waals surface area contributed by atoms with Gasteiger partial charge in [-0.2, -0.15) is 12.6 Å². The molecule has 2 atom stereocenters. The van der Waals surface area contributed by atoms with Crippen LogP contribution < -0.4 is 5.32 Å². The number of aliphatic carboxylic acids is 2. The maximum absolute atomic E-state index is 11.8. The van der Waals surface area contributed by atoms with Gasteiger partial charge in [0.25, 0.3) is 0 Å². The minimum Gasteiger partial charge on any atom is -0.481 e. The van der Waals surface area contributed by atoms with E-state index in [4.69, 9.17) is 10.2 Å². The van der Waals surface area contributed by atoms with E-state index < -0.39 is 17.9 Å². The van der Waals surface area contributed by atoms with Crippen LogP contribution in [0.1, 0.15) is 51.9 Å². The van der Waals surface area contributed by atoms with Crippen molar-refractivity contribution in [2.24, 2.45) is 11.8 Å². The molecule has 0 radical (unpaired) electrons. The molecule has 1 amide bonds. The third-order valence-electron chi connectivity index (χ3n) is 3.68. The summed E-state index contributed by atoms with van der Waals surface area (Å²) >= 11 is 4.05. The summed E-state index contributed by atoms with van der Waals surface area (Å²) in [6.07, 6.45) is 1.99. The molecule has 0 fully saturated rings. The molecule has 8 heteroatoms. The third kappa shape index (κ3) is 11.0. The van der Waals surface area contributed by atoms with Crippen molar-refractivity contribution in [2.75, 3.05) is 12.3 Å². The van der Waals surface area contributed by atoms with Crippen LogP contribution in [0.15, 0.2) is 0 Å². The van der Waals surface area contributed by atoms with Crippen molar-refractivity contribution in [1.82, 2.24) is 5.32 Å². The summed E-state index contributed by atoms with van der Waals surface area (Å²) in [5.41, 5.74) is 0. The Morgan fingerprint density at radius 2 is 1.71 bits per heavy atom. The Balaban J connectivity index is 3.86. The van der Waals surface area contributed by atoms with Gasteiger partial charge >= 0.3 is 11.9 Å². The van der Waals surface area contributed by atoms with E-state index in [1.54, 1.807) is 6.92 Å². The topological polar surface area (TPSA) is 121 Å². The highest BCUT2D eigenvalue weighted by Crippen LogP contribution is 2.15. The fourth-order valence-electron chi connectivity index (χ4n) is 2.08. The van der Waals surface area contributed by atoms with Crippen molar-refractivity contribution in [3.8, 4) is 0 Å². The minimum atomic E-state index is -1.13. The predicted molar refractivity (Wildman–Crippen MR) is 92.1 cm³/mol. The van der Waals surface area contributed by atoms with Crippen molar-refractivity contribution in [2.45, 2.75) is 51.9 Å². The standard InChI is InChI=1S/C16H27NO6S/c1-11(10-24)15(21)17-8-4-2-3-5-13(18)9-12(16(22)23)6-7-14(19)20/h11-12,24H,2-10H2,1H3,(H,17,21)(H,19,20)(H,22,23). The predicted octanol–water partition coefficient (Wildman–Crippen LogP) is 1.75. The lowest BCUT2D eigenvalue weighted by molar-refractivity contribution is -0.145. The van der Waals surface area contributed by atoms with Gasteiger partial charge in [0.15, 0.2) is 0 Å². The zero-order chi connectivity index (χ0) is 18.5. The largest absolute Gasteiger partial charge is 0.481 e. The van der Waals surface area contributed by atoms with E-state index in [2.05, 4.69) is 17.9 Å². The maximum atomic E-state index is 11.8. The van der Waals surface area contributed by atoms with Crippen LogP contribution in [0.2, 0.25) is 0 Å². The Hall–Kier alpha value is -1.57. The molecule has 3 N–H and O–H groups in total. The highest BCUT2D eigenvalue weighted by atomic mass is 32.1. The highest BCUT2D eigenvalue weighted by Gasteiger charge is 2.21. The van der Waals surface area contributed by atoms with E-state index >= 15 is 0 Å². The molecule has 0 aliphatic rings. The van der Waals surface area contributed by atoms with Crippen LogP contribution in [-0.2, 0) is 19.2 Å². The number of nitrogens with one attached hydrogen (secondary N) is 1. The number of rotatable bonds is 14. The number of hydrogen-bond donors (Lipinski definition) is 4. The molecule has 0 aliphatic carbocycles. The van der Waals surface area contributed by atoms with E-state index in [9.17, 15) is 19.2 Å². The number of thiol groups is 1. The molecule has 0 spiro atoms. The molecule has 0 aromatic carbocycles. The number of carboxylic acids is 2. The Kier molecular flexibility index (Phi) is 12.0. The number of unbranched alkanes of at least 4 members (excludes halogenated alkanes) is 2. The van der Waals surface area contributed by atoms with E-state index in [0.29, 0.717) is 18.7 Å². The molecule has 0 saturated carbocycles. The fourth-order valence-corrected chi connectivity index (χ4v) is 2.25. The summed E-state index contributed by atoms with van der Waals surface area (Å²) in [5, 5.41) is 20.4. The molecule has 0 saturated heterocycles. The summed E-state index contributed by atoms with van der Waals surface area (Å²) in [4.78, 5) is 44.8. The molecular weight excluding hydrogens is 334 g/mol. The van der Waals surface area contributed by atoms with Gasteiger partial charge in [0, 0.05) is 37.5 Å².